The normalized spacial score (nSPS) is 11.1. The van der Waals surface area contributed by atoms with Gasteiger partial charge in [-0.3, -0.25) is 9.59 Å². The molecule has 0 aliphatic heterocycles. The maximum Gasteiger partial charge on any atom is 0.435 e. The second kappa shape index (κ2) is 9.94. The quantitative estimate of drug-likeness (QED) is 0.518. The number of amides is 2. The summed E-state index contributed by atoms with van der Waals surface area (Å²) in [7, 11) is 0. The van der Waals surface area contributed by atoms with Gasteiger partial charge in [0.1, 0.15) is 5.75 Å². The lowest BCUT2D eigenvalue weighted by Crippen LogP contribution is -2.35. The van der Waals surface area contributed by atoms with Gasteiger partial charge in [-0.05, 0) is 43.3 Å². The van der Waals surface area contributed by atoms with E-state index < -0.39 is 23.3 Å². The number of nitrogens with one attached hydrogen (secondary N) is 2. The van der Waals surface area contributed by atoms with Crippen molar-refractivity contribution < 1.29 is 27.5 Å². The molecule has 2 heterocycles. The van der Waals surface area contributed by atoms with Crippen molar-refractivity contribution in [3.05, 3.63) is 71.7 Å². The maximum absolute atomic E-state index is 13.4. The lowest BCUT2D eigenvalue weighted by atomic mass is 10.2. The number of pyridine rings is 1. The largest absolute Gasteiger partial charge is 0.494 e. The van der Waals surface area contributed by atoms with Crippen LogP contribution in [-0.2, 0) is 6.18 Å². The summed E-state index contributed by atoms with van der Waals surface area (Å²) in [5.41, 5.74) is -1.57. The summed E-state index contributed by atoms with van der Waals surface area (Å²) in [6, 6.07) is 11.1. The third kappa shape index (κ3) is 5.62. The van der Waals surface area contributed by atoms with Crippen LogP contribution in [0.4, 0.5) is 13.2 Å². The van der Waals surface area contributed by atoms with Gasteiger partial charge in [-0.15, -0.1) is 0 Å². The lowest BCUT2D eigenvalue weighted by Gasteiger charge is -2.09. The van der Waals surface area contributed by atoms with Gasteiger partial charge < -0.3 is 15.4 Å². The van der Waals surface area contributed by atoms with Crippen LogP contribution in [0.15, 0.2) is 54.9 Å². The minimum atomic E-state index is -4.82. The minimum absolute atomic E-state index is 0.0213. The van der Waals surface area contributed by atoms with Gasteiger partial charge in [0.05, 0.1) is 12.2 Å². The van der Waals surface area contributed by atoms with Gasteiger partial charge in [0, 0.05) is 31.0 Å². The molecule has 32 heavy (non-hydrogen) atoms. The van der Waals surface area contributed by atoms with Crippen LogP contribution in [0.3, 0.4) is 0 Å². The third-order valence-electron chi connectivity index (χ3n) is 4.24. The molecule has 8 nitrogen and oxygen atoms in total. The summed E-state index contributed by atoms with van der Waals surface area (Å²) in [4.78, 5) is 28.4. The van der Waals surface area contributed by atoms with Gasteiger partial charge in [0.15, 0.2) is 11.5 Å². The van der Waals surface area contributed by atoms with Gasteiger partial charge in [-0.25, -0.2) is 9.67 Å². The zero-order valence-corrected chi connectivity index (χ0v) is 17.0. The molecule has 0 fully saturated rings. The van der Waals surface area contributed by atoms with Crippen LogP contribution in [0.25, 0.3) is 5.82 Å². The molecule has 0 unspecified atom stereocenters. The first-order valence-corrected chi connectivity index (χ1v) is 9.67. The summed E-state index contributed by atoms with van der Waals surface area (Å²) in [6.45, 7) is 2.29. The summed E-state index contributed by atoms with van der Waals surface area (Å²) in [6.07, 6.45) is -2.45. The molecule has 0 radical (unpaired) electrons. The molecule has 0 spiro atoms. The Morgan fingerprint density at radius 2 is 1.72 bits per heavy atom. The number of halogens is 3. The molecule has 2 amide bonds. The van der Waals surface area contributed by atoms with E-state index in [1.807, 2.05) is 6.92 Å². The highest BCUT2D eigenvalue weighted by atomic mass is 19.4. The number of hydrogen-bond acceptors (Lipinski definition) is 5. The number of nitrogens with zero attached hydrogens (tertiary/aromatic N) is 3. The van der Waals surface area contributed by atoms with Crippen molar-refractivity contribution in [3.63, 3.8) is 0 Å². The second-order valence-electron chi connectivity index (χ2n) is 6.49. The first-order chi connectivity index (χ1) is 15.3. The molecule has 0 aliphatic rings. The summed E-state index contributed by atoms with van der Waals surface area (Å²) < 4.78 is 46.3. The van der Waals surface area contributed by atoms with Crippen LogP contribution in [0.2, 0.25) is 0 Å². The van der Waals surface area contributed by atoms with E-state index in [4.69, 9.17) is 4.74 Å². The minimum Gasteiger partial charge on any atom is -0.494 e. The highest BCUT2D eigenvalue weighted by molar-refractivity contribution is 5.96. The Balaban J connectivity index is 1.59. The summed E-state index contributed by atoms with van der Waals surface area (Å²) in [5.74, 6) is -0.584. The number of ether oxygens (including phenoxy) is 1. The van der Waals surface area contributed by atoms with E-state index in [-0.39, 0.29) is 24.8 Å². The average molecular weight is 447 g/mol. The van der Waals surface area contributed by atoms with Crippen molar-refractivity contribution in [2.45, 2.75) is 13.1 Å². The molecule has 0 saturated carbocycles. The second-order valence-corrected chi connectivity index (χ2v) is 6.49. The Labute approximate surface area is 181 Å². The van der Waals surface area contributed by atoms with E-state index in [1.54, 1.807) is 36.4 Å². The number of carbonyl (C=O) groups is 2. The molecule has 3 aromatic rings. The number of carbonyl (C=O) groups excluding carboxylic acids is 2. The van der Waals surface area contributed by atoms with E-state index in [2.05, 4.69) is 20.7 Å². The Morgan fingerprint density at radius 3 is 2.31 bits per heavy atom. The fraction of sp³-hybridized carbons (Fsp3) is 0.238. The molecule has 3 rings (SSSR count). The van der Waals surface area contributed by atoms with Gasteiger partial charge in [0.25, 0.3) is 11.8 Å². The van der Waals surface area contributed by atoms with Gasteiger partial charge in [0.2, 0.25) is 0 Å². The highest BCUT2D eigenvalue weighted by Crippen LogP contribution is 2.31. The number of aromatic nitrogens is 3. The molecule has 0 saturated heterocycles. The van der Waals surface area contributed by atoms with Crippen molar-refractivity contribution in [3.8, 4) is 11.6 Å². The van der Waals surface area contributed by atoms with Gasteiger partial charge in [-0.1, -0.05) is 6.07 Å². The van der Waals surface area contributed by atoms with Crippen LogP contribution in [0.1, 0.15) is 33.3 Å². The Kier molecular flexibility index (Phi) is 7.08. The fourth-order valence-electron chi connectivity index (χ4n) is 2.77. The molecular weight excluding hydrogens is 427 g/mol. The Hall–Kier alpha value is -3.89. The fourth-order valence-corrected chi connectivity index (χ4v) is 2.77. The van der Waals surface area contributed by atoms with Crippen molar-refractivity contribution in [1.29, 1.82) is 0 Å². The molecular formula is C21H20F3N5O3. The Morgan fingerprint density at radius 1 is 1.03 bits per heavy atom. The Bertz CT molecular complexity index is 1070. The number of hydrogen-bond donors (Lipinski definition) is 2. The first-order valence-electron chi connectivity index (χ1n) is 9.67. The van der Waals surface area contributed by atoms with Crippen LogP contribution >= 0.6 is 0 Å². The molecule has 2 aromatic heterocycles. The zero-order chi connectivity index (χ0) is 23.1. The monoisotopic (exact) mass is 447 g/mol. The third-order valence-corrected chi connectivity index (χ3v) is 4.24. The van der Waals surface area contributed by atoms with E-state index in [0.717, 1.165) is 10.9 Å². The average Bonchev–Trinajstić information content (AvgIpc) is 3.24. The zero-order valence-electron chi connectivity index (χ0n) is 17.0. The SMILES string of the molecule is CCOc1ccc(C(=O)NCCNC(=O)c2cn(-c3ccccn3)nc2C(F)(F)F)cc1. The van der Waals surface area contributed by atoms with E-state index >= 15 is 0 Å². The first kappa shape index (κ1) is 22.8. The van der Waals surface area contributed by atoms with Crippen LogP contribution < -0.4 is 15.4 Å². The number of alkyl halides is 3. The van der Waals surface area contributed by atoms with Crippen molar-refractivity contribution in [2.75, 3.05) is 19.7 Å². The van der Waals surface area contributed by atoms with Crippen molar-refractivity contribution in [1.82, 2.24) is 25.4 Å². The highest BCUT2D eigenvalue weighted by Gasteiger charge is 2.39. The summed E-state index contributed by atoms with van der Waals surface area (Å²) >= 11 is 0. The van der Waals surface area contributed by atoms with Gasteiger partial charge >= 0.3 is 6.18 Å². The molecule has 0 bridgehead atoms. The lowest BCUT2D eigenvalue weighted by molar-refractivity contribution is -0.141. The van der Waals surface area contributed by atoms with Crippen LogP contribution in [-0.4, -0.2) is 46.3 Å². The molecule has 2 N–H and O–H groups in total. The van der Waals surface area contributed by atoms with Gasteiger partial charge in [-0.2, -0.15) is 18.3 Å². The van der Waals surface area contributed by atoms with E-state index in [0.29, 0.717) is 17.9 Å². The van der Waals surface area contributed by atoms with E-state index in [1.165, 1.54) is 12.3 Å². The van der Waals surface area contributed by atoms with E-state index in [9.17, 15) is 22.8 Å². The molecule has 0 aliphatic carbocycles. The summed E-state index contributed by atoms with van der Waals surface area (Å²) in [5, 5.41) is 8.42. The van der Waals surface area contributed by atoms with Crippen molar-refractivity contribution in [2.24, 2.45) is 0 Å². The number of rotatable bonds is 8. The van der Waals surface area contributed by atoms with Crippen molar-refractivity contribution >= 4 is 11.8 Å². The molecule has 1 aromatic carbocycles. The standard InChI is InChI=1S/C21H20F3N5O3/c1-2-32-15-8-6-14(7-9-15)19(30)26-11-12-27-20(31)16-13-29(17-5-3-4-10-25-17)28-18(16)21(22,23)24/h3-10,13H,2,11-12H2,1H3,(H,26,30)(H,27,31). The predicted molar refractivity (Wildman–Crippen MR) is 109 cm³/mol. The molecule has 0 atom stereocenters. The van der Waals surface area contributed by atoms with Crippen LogP contribution in [0, 0.1) is 0 Å². The predicted octanol–water partition coefficient (Wildman–Crippen LogP) is 2.84. The smallest absolute Gasteiger partial charge is 0.435 e. The van der Waals surface area contributed by atoms with Crippen LogP contribution in [0.5, 0.6) is 5.75 Å². The molecule has 11 heteroatoms. The molecule has 168 valence electrons. The number of benzene rings is 1. The maximum atomic E-state index is 13.4. The topological polar surface area (TPSA) is 98.1 Å².